The number of ether oxygens (including phenoxy) is 1. The van der Waals surface area contributed by atoms with Crippen LogP contribution in [0.4, 0.5) is 0 Å². The summed E-state index contributed by atoms with van der Waals surface area (Å²) in [5.74, 6) is 0.814. The van der Waals surface area contributed by atoms with Gasteiger partial charge in [0.25, 0.3) is 0 Å². The highest BCUT2D eigenvalue weighted by Gasteiger charge is 2.17. The Morgan fingerprint density at radius 1 is 1.53 bits per heavy atom. The van der Waals surface area contributed by atoms with E-state index in [1.807, 2.05) is 16.7 Å². The van der Waals surface area contributed by atoms with Gasteiger partial charge in [0.2, 0.25) is 0 Å². The maximum atomic E-state index is 5.35. The molecule has 0 saturated heterocycles. The number of nitrogens with zero attached hydrogens (tertiary/aromatic N) is 3. The Bertz CT molecular complexity index is 558. The number of hydrogen-bond donors (Lipinski definition) is 1. The highest BCUT2D eigenvalue weighted by Crippen LogP contribution is 2.23. The van der Waals surface area contributed by atoms with Crippen LogP contribution in [0.15, 0.2) is 24.5 Å². The van der Waals surface area contributed by atoms with Crippen molar-refractivity contribution in [2.75, 3.05) is 13.7 Å². The van der Waals surface area contributed by atoms with Crippen LogP contribution < -0.4 is 0 Å². The van der Waals surface area contributed by atoms with Gasteiger partial charge < -0.3 is 4.74 Å². The van der Waals surface area contributed by atoms with Crippen LogP contribution in [-0.2, 0) is 4.74 Å². The largest absolute Gasteiger partial charge is 0.383 e. The van der Waals surface area contributed by atoms with Gasteiger partial charge in [0.1, 0.15) is 0 Å². The fraction of sp³-hybridized carbons (Fsp3) is 0.462. The Labute approximate surface area is 117 Å². The van der Waals surface area contributed by atoms with Crippen molar-refractivity contribution in [1.82, 2.24) is 19.7 Å². The second-order valence-corrected chi connectivity index (χ2v) is 4.75. The summed E-state index contributed by atoms with van der Waals surface area (Å²) in [4.78, 5) is 4.13. The molecule has 1 unspecified atom stereocenters. The molecule has 2 aromatic heterocycles. The number of H-pyrrole nitrogens is 1. The van der Waals surface area contributed by atoms with Crippen LogP contribution in [0, 0.1) is 4.77 Å². The van der Waals surface area contributed by atoms with Gasteiger partial charge in [0.05, 0.1) is 12.6 Å². The van der Waals surface area contributed by atoms with Gasteiger partial charge in [-0.1, -0.05) is 13.3 Å². The molecule has 1 N–H and O–H groups in total. The van der Waals surface area contributed by atoms with Crippen molar-refractivity contribution in [3.63, 3.8) is 0 Å². The Morgan fingerprint density at radius 3 is 3.00 bits per heavy atom. The SMILES string of the molecule is CCCC(COC)n1c(-c2cccnc2)n[nH]c1=S. The van der Waals surface area contributed by atoms with Gasteiger partial charge in [-0.15, -0.1) is 0 Å². The number of nitrogens with one attached hydrogen (secondary N) is 1. The molecule has 2 heterocycles. The minimum Gasteiger partial charge on any atom is -0.383 e. The second-order valence-electron chi connectivity index (χ2n) is 4.36. The molecule has 0 fully saturated rings. The molecule has 1 atom stereocenters. The number of rotatable bonds is 6. The van der Waals surface area contributed by atoms with Gasteiger partial charge in [-0.2, -0.15) is 5.10 Å². The average Bonchev–Trinajstić information content (AvgIpc) is 2.81. The topological polar surface area (TPSA) is 55.7 Å². The molecular formula is C13H18N4OS. The zero-order valence-electron chi connectivity index (χ0n) is 11.2. The molecule has 6 heteroatoms. The minimum atomic E-state index is 0.191. The zero-order valence-corrected chi connectivity index (χ0v) is 12.0. The van der Waals surface area contributed by atoms with Crippen LogP contribution in [0.2, 0.25) is 0 Å². The van der Waals surface area contributed by atoms with Crippen LogP contribution in [-0.4, -0.2) is 33.5 Å². The summed E-state index contributed by atoms with van der Waals surface area (Å²) in [6, 6.07) is 4.06. The van der Waals surface area contributed by atoms with Crippen LogP contribution in [0.5, 0.6) is 0 Å². The fourth-order valence-electron chi connectivity index (χ4n) is 2.15. The fourth-order valence-corrected chi connectivity index (χ4v) is 2.44. The van der Waals surface area contributed by atoms with Crippen molar-refractivity contribution >= 4 is 12.2 Å². The number of hydrogen-bond acceptors (Lipinski definition) is 4. The van der Waals surface area contributed by atoms with E-state index in [0.29, 0.717) is 11.4 Å². The third kappa shape index (κ3) is 3.08. The van der Waals surface area contributed by atoms with E-state index in [9.17, 15) is 0 Å². The smallest absolute Gasteiger partial charge is 0.195 e. The molecule has 0 aliphatic carbocycles. The zero-order chi connectivity index (χ0) is 13.7. The lowest BCUT2D eigenvalue weighted by Gasteiger charge is -2.18. The van der Waals surface area contributed by atoms with Crippen LogP contribution in [0.3, 0.4) is 0 Å². The van der Waals surface area contributed by atoms with Gasteiger partial charge in [-0.3, -0.25) is 14.6 Å². The predicted octanol–water partition coefficient (Wildman–Crippen LogP) is 2.99. The lowest BCUT2D eigenvalue weighted by Crippen LogP contribution is -2.16. The van der Waals surface area contributed by atoms with E-state index < -0.39 is 0 Å². The van der Waals surface area contributed by atoms with Crippen molar-refractivity contribution < 1.29 is 4.74 Å². The lowest BCUT2D eigenvalue weighted by molar-refractivity contribution is 0.150. The first kappa shape index (κ1) is 13.9. The van der Waals surface area contributed by atoms with E-state index in [0.717, 1.165) is 24.2 Å². The number of aromatic amines is 1. The average molecular weight is 278 g/mol. The van der Waals surface area contributed by atoms with Crippen molar-refractivity contribution in [2.45, 2.75) is 25.8 Å². The maximum Gasteiger partial charge on any atom is 0.195 e. The summed E-state index contributed by atoms with van der Waals surface area (Å²) < 4.78 is 7.95. The van der Waals surface area contributed by atoms with Crippen LogP contribution in [0.25, 0.3) is 11.4 Å². The van der Waals surface area contributed by atoms with Crippen molar-refractivity contribution in [2.24, 2.45) is 0 Å². The highest BCUT2D eigenvalue weighted by atomic mass is 32.1. The molecule has 0 amide bonds. The molecule has 5 nitrogen and oxygen atoms in total. The third-order valence-corrected chi connectivity index (χ3v) is 3.26. The Kier molecular flexibility index (Phi) is 4.81. The van der Waals surface area contributed by atoms with E-state index in [1.165, 1.54) is 0 Å². The van der Waals surface area contributed by atoms with Crippen molar-refractivity contribution in [1.29, 1.82) is 0 Å². The van der Waals surface area contributed by atoms with Gasteiger partial charge in [-0.25, -0.2) is 0 Å². The van der Waals surface area contributed by atoms with E-state index in [4.69, 9.17) is 17.0 Å². The van der Waals surface area contributed by atoms with E-state index in [2.05, 4.69) is 22.1 Å². The summed E-state index contributed by atoms with van der Waals surface area (Å²) in [5.41, 5.74) is 0.951. The number of aromatic nitrogens is 4. The first-order valence-electron chi connectivity index (χ1n) is 6.34. The van der Waals surface area contributed by atoms with Gasteiger partial charge in [0.15, 0.2) is 10.6 Å². The van der Waals surface area contributed by atoms with Crippen molar-refractivity contribution in [3.05, 3.63) is 29.3 Å². The molecule has 0 radical (unpaired) electrons. The summed E-state index contributed by atoms with van der Waals surface area (Å²) >= 11 is 5.35. The molecule has 102 valence electrons. The predicted molar refractivity (Wildman–Crippen MR) is 76.5 cm³/mol. The number of methoxy groups -OCH3 is 1. The molecule has 0 spiro atoms. The second kappa shape index (κ2) is 6.58. The Morgan fingerprint density at radius 2 is 2.37 bits per heavy atom. The first-order chi connectivity index (χ1) is 9.27. The molecule has 19 heavy (non-hydrogen) atoms. The summed E-state index contributed by atoms with van der Waals surface area (Å²) in [6.07, 6.45) is 5.59. The molecule has 0 aromatic carbocycles. The highest BCUT2D eigenvalue weighted by molar-refractivity contribution is 7.71. The monoisotopic (exact) mass is 278 g/mol. The molecule has 0 saturated carbocycles. The van der Waals surface area contributed by atoms with Gasteiger partial charge in [-0.05, 0) is 30.8 Å². The summed E-state index contributed by atoms with van der Waals surface area (Å²) in [6.45, 7) is 2.77. The first-order valence-corrected chi connectivity index (χ1v) is 6.75. The molecule has 2 rings (SSSR count). The van der Waals surface area contributed by atoms with Gasteiger partial charge >= 0.3 is 0 Å². The minimum absolute atomic E-state index is 0.191. The third-order valence-electron chi connectivity index (χ3n) is 2.97. The van der Waals surface area contributed by atoms with E-state index in [-0.39, 0.29) is 6.04 Å². The molecule has 0 aliphatic heterocycles. The quantitative estimate of drug-likeness (QED) is 0.825. The Balaban J connectivity index is 2.44. The van der Waals surface area contributed by atoms with Crippen LogP contribution >= 0.6 is 12.2 Å². The summed E-state index contributed by atoms with van der Waals surface area (Å²) in [5, 5.41) is 7.19. The maximum absolute atomic E-state index is 5.35. The molecule has 0 bridgehead atoms. The Hall–Kier alpha value is -1.53. The molecule has 2 aromatic rings. The van der Waals surface area contributed by atoms with Gasteiger partial charge in [0, 0.05) is 25.1 Å². The normalized spacial score (nSPS) is 12.5. The van der Waals surface area contributed by atoms with E-state index in [1.54, 1.807) is 19.5 Å². The van der Waals surface area contributed by atoms with E-state index >= 15 is 0 Å². The number of pyridine rings is 1. The molecule has 0 aliphatic rings. The van der Waals surface area contributed by atoms with Crippen LogP contribution in [0.1, 0.15) is 25.8 Å². The van der Waals surface area contributed by atoms with Crippen molar-refractivity contribution in [3.8, 4) is 11.4 Å². The standard InChI is InChI=1S/C13H18N4OS/c1-3-5-11(9-18-2)17-12(15-16-13(17)19)10-6-4-7-14-8-10/h4,6-8,11H,3,5,9H2,1-2H3,(H,16,19). The summed E-state index contributed by atoms with van der Waals surface area (Å²) in [7, 11) is 1.70. The lowest BCUT2D eigenvalue weighted by atomic mass is 10.1. The molecular weight excluding hydrogens is 260 g/mol.